The Hall–Kier alpha value is -1.85. The molecule has 2 aliphatic rings. The molecule has 0 spiro atoms. The summed E-state index contributed by atoms with van der Waals surface area (Å²) in [6.45, 7) is 2.28. The summed E-state index contributed by atoms with van der Waals surface area (Å²) in [7, 11) is 0. The molecule has 4 rings (SSSR count). The van der Waals surface area contributed by atoms with Crippen LogP contribution in [0.2, 0.25) is 5.15 Å². The Morgan fingerprint density at radius 3 is 2.76 bits per heavy atom. The summed E-state index contributed by atoms with van der Waals surface area (Å²) < 4.78 is 16.5. The minimum atomic E-state index is 0.463. The average Bonchev–Trinajstić information content (AvgIpc) is 2.54. The van der Waals surface area contributed by atoms with Crippen molar-refractivity contribution in [1.29, 1.82) is 0 Å². The van der Waals surface area contributed by atoms with Crippen molar-refractivity contribution in [2.75, 3.05) is 19.8 Å². The van der Waals surface area contributed by atoms with Crippen LogP contribution in [0.3, 0.4) is 0 Å². The van der Waals surface area contributed by atoms with E-state index in [0.717, 1.165) is 34.7 Å². The zero-order valence-corrected chi connectivity index (χ0v) is 12.0. The molecule has 0 saturated heterocycles. The van der Waals surface area contributed by atoms with E-state index >= 15 is 0 Å². The van der Waals surface area contributed by atoms with Gasteiger partial charge in [-0.2, -0.15) is 0 Å². The van der Waals surface area contributed by atoms with Crippen molar-refractivity contribution in [2.24, 2.45) is 0 Å². The molecular formula is C15H13ClN2O3. The third-order valence-electron chi connectivity index (χ3n) is 3.57. The summed E-state index contributed by atoms with van der Waals surface area (Å²) in [6.07, 6.45) is 0.759. The minimum absolute atomic E-state index is 0.463. The van der Waals surface area contributed by atoms with Crippen molar-refractivity contribution >= 4 is 11.6 Å². The van der Waals surface area contributed by atoms with E-state index in [0.29, 0.717) is 37.4 Å². The van der Waals surface area contributed by atoms with Crippen molar-refractivity contribution in [3.05, 3.63) is 34.6 Å². The molecule has 0 aliphatic carbocycles. The molecular weight excluding hydrogens is 292 g/mol. The van der Waals surface area contributed by atoms with Gasteiger partial charge in [-0.25, -0.2) is 9.97 Å². The normalized spacial score (nSPS) is 16.4. The third-order valence-corrected chi connectivity index (χ3v) is 3.88. The highest BCUT2D eigenvalue weighted by atomic mass is 35.5. The van der Waals surface area contributed by atoms with E-state index in [1.807, 2.05) is 18.2 Å². The molecule has 3 heterocycles. The molecule has 0 saturated carbocycles. The van der Waals surface area contributed by atoms with Crippen LogP contribution in [0.25, 0.3) is 11.4 Å². The fourth-order valence-corrected chi connectivity index (χ4v) is 2.75. The molecule has 5 nitrogen and oxygen atoms in total. The van der Waals surface area contributed by atoms with E-state index in [1.54, 1.807) is 0 Å². The van der Waals surface area contributed by atoms with Gasteiger partial charge in [0.15, 0.2) is 17.3 Å². The van der Waals surface area contributed by atoms with Gasteiger partial charge in [0.05, 0.1) is 18.9 Å². The van der Waals surface area contributed by atoms with E-state index in [4.69, 9.17) is 25.8 Å². The first-order valence-electron chi connectivity index (χ1n) is 6.84. The lowest BCUT2D eigenvalue weighted by molar-refractivity contribution is 0.109. The van der Waals surface area contributed by atoms with E-state index in [2.05, 4.69) is 9.97 Å². The van der Waals surface area contributed by atoms with Gasteiger partial charge in [0, 0.05) is 17.5 Å². The Morgan fingerprint density at radius 1 is 1.00 bits per heavy atom. The van der Waals surface area contributed by atoms with Crippen molar-refractivity contribution < 1.29 is 14.2 Å². The Balaban J connectivity index is 1.78. The van der Waals surface area contributed by atoms with Crippen LogP contribution in [0.1, 0.15) is 11.3 Å². The molecule has 108 valence electrons. The highest BCUT2D eigenvalue weighted by Gasteiger charge is 2.19. The molecule has 21 heavy (non-hydrogen) atoms. The van der Waals surface area contributed by atoms with Gasteiger partial charge in [-0.15, -0.1) is 0 Å². The summed E-state index contributed by atoms with van der Waals surface area (Å²) >= 11 is 6.25. The fourth-order valence-electron chi connectivity index (χ4n) is 2.50. The second-order valence-electron chi connectivity index (χ2n) is 4.92. The van der Waals surface area contributed by atoms with Crippen LogP contribution in [-0.2, 0) is 17.8 Å². The first-order valence-corrected chi connectivity index (χ1v) is 7.22. The lowest BCUT2D eigenvalue weighted by Crippen LogP contribution is -2.15. The highest BCUT2D eigenvalue weighted by molar-refractivity contribution is 6.30. The predicted octanol–water partition coefficient (Wildman–Crippen LogP) is 2.64. The van der Waals surface area contributed by atoms with Crippen LogP contribution < -0.4 is 9.47 Å². The number of hydrogen-bond acceptors (Lipinski definition) is 5. The van der Waals surface area contributed by atoms with Crippen molar-refractivity contribution in [2.45, 2.75) is 13.0 Å². The van der Waals surface area contributed by atoms with Crippen molar-refractivity contribution in [3.63, 3.8) is 0 Å². The SMILES string of the molecule is Clc1nc(-c2ccc3c(c2)OCCO3)nc2c1COCC2. The maximum atomic E-state index is 6.25. The van der Waals surface area contributed by atoms with Crippen LogP contribution in [0.15, 0.2) is 18.2 Å². The quantitative estimate of drug-likeness (QED) is 0.758. The summed E-state index contributed by atoms with van der Waals surface area (Å²) in [6, 6.07) is 5.69. The molecule has 0 unspecified atom stereocenters. The van der Waals surface area contributed by atoms with Crippen molar-refractivity contribution in [3.8, 4) is 22.9 Å². The Labute approximate surface area is 126 Å². The average molecular weight is 305 g/mol. The zero-order chi connectivity index (χ0) is 14.2. The topological polar surface area (TPSA) is 53.5 Å². The van der Waals surface area contributed by atoms with E-state index in [-0.39, 0.29) is 0 Å². The molecule has 0 radical (unpaired) electrons. The van der Waals surface area contributed by atoms with E-state index in [1.165, 1.54) is 0 Å². The van der Waals surface area contributed by atoms with E-state index < -0.39 is 0 Å². The minimum Gasteiger partial charge on any atom is -0.486 e. The number of rotatable bonds is 1. The summed E-state index contributed by atoms with van der Waals surface area (Å²) in [5.41, 5.74) is 2.73. The molecule has 1 aromatic carbocycles. The van der Waals surface area contributed by atoms with Gasteiger partial charge in [0.1, 0.15) is 18.4 Å². The van der Waals surface area contributed by atoms with Crippen LogP contribution in [0, 0.1) is 0 Å². The lowest BCUT2D eigenvalue weighted by atomic mass is 10.1. The van der Waals surface area contributed by atoms with Gasteiger partial charge < -0.3 is 14.2 Å². The molecule has 0 amide bonds. The molecule has 0 fully saturated rings. The Bertz CT molecular complexity index is 706. The monoisotopic (exact) mass is 304 g/mol. The van der Waals surface area contributed by atoms with Crippen LogP contribution in [0.4, 0.5) is 0 Å². The molecule has 6 heteroatoms. The summed E-state index contributed by atoms with van der Waals surface area (Å²) in [5.74, 6) is 2.08. The second-order valence-corrected chi connectivity index (χ2v) is 5.28. The third kappa shape index (κ3) is 2.32. The second kappa shape index (κ2) is 5.16. The van der Waals surface area contributed by atoms with Crippen LogP contribution in [-0.4, -0.2) is 29.8 Å². The maximum absolute atomic E-state index is 6.25. The molecule has 0 N–H and O–H groups in total. The molecule has 0 atom stereocenters. The number of benzene rings is 1. The van der Waals surface area contributed by atoms with Crippen LogP contribution >= 0.6 is 11.6 Å². The van der Waals surface area contributed by atoms with Gasteiger partial charge in [-0.3, -0.25) is 0 Å². The number of fused-ring (bicyclic) bond motifs is 2. The van der Waals surface area contributed by atoms with Crippen LogP contribution in [0.5, 0.6) is 11.5 Å². The van der Waals surface area contributed by atoms with Gasteiger partial charge in [0.2, 0.25) is 0 Å². The number of halogens is 1. The lowest BCUT2D eigenvalue weighted by Gasteiger charge is -2.20. The Morgan fingerprint density at radius 2 is 1.86 bits per heavy atom. The van der Waals surface area contributed by atoms with Crippen molar-refractivity contribution in [1.82, 2.24) is 9.97 Å². The first kappa shape index (κ1) is 12.9. The smallest absolute Gasteiger partial charge is 0.162 e. The Kier molecular flexibility index (Phi) is 3.16. The summed E-state index contributed by atoms with van der Waals surface area (Å²) in [4.78, 5) is 9.00. The predicted molar refractivity (Wildman–Crippen MR) is 76.8 cm³/mol. The largest absolute Gasteiger partial charge is 0.486 e. The summed E-state index contributed by atoms with van der Waals surface area (Å²) in [5, 5.41) is 0.463. The number of ether oxygens (including phenoxy) is 3. The van der Waals surface area contributed by atoms with Gasteiger partial charge in [-0.1, -0.05) is 11.6 Å². The number of nitrogens with zero attached hydrogens (tertiary/aromatic N) is 2. The molecule has 2 aliphatic heterocycles. The number of hydrogen-bond donors (Lipinski definition) is 0. The van der Waals surface area contributed by atoms with Gasteiger partial charge in [-0.05, 0) is 18.2 Å². The highest BCUT2D eigenvalue weighted by Crippen LogP contribution is 2.34. The van der Waals surface area contributed by atoms with Gasteiger partial charge in [0.25, 0.3) is 0 Å². The van der Waals surface area contributed by atoms with E-state index in [9.17, 15) is 0 Å². The van der Waals surface area contributed by atoms with Gasteiger partial charge >= 0.3 is 0 Å². The molecule has 0 bridgehead atoms. The fraction of sp³-hybridized carbons (Fsp3) is 0.333. The molecule has 2 aromatic rings. The zero-order valence-electron chi connectivity index (χ0n) is 11.3. The first-order chi connectivity index (χ1) is 10.3. The number of aromatic nitrogens is 2. The maximum Gasteiger partial charge on any atom is 0.162 e. The standard InChI is InChI=1S/C15H13ClN2O3/c16-14-10-8-19-4-3-11(10)17-15(18-14)9-1-2-12-13(7-9)21-6-5-20-12/h1-2,7H,3-6,8H2. The molecule has 1 aromatic heterocycles.